The molecule has 20 heavy (non-hydrogen) atoms. The number of rotatable bonds is 5. The lowest BCUT2D eigenvalue weighted by Crippen LogP contribution is -2.23. The van der Waals surface area contributed by atoms with Crippen LogP contribution in [-0.2, 0) is 20.0 Å². The molecule has 7 heteroatoms. The van der Waals surface area contributed by atoms with Gasteiger partial charge in [0.05, 0.1) is 23.3 Å². The molecular weight excluding hydrogens is 278 g/mol. The number of hydrogen-bond donors (Lipinski definition) is 1. The van der Waals surface area contributed by atoms with E-state index in [9.17, 15) is 4.79 Å². The number of anilines is 2. The van der Waals surface area contributed by atoms with Crippen LogP contribution in [0.1, 0.15) is 26.0 Å². The van der Waals surface area contributed by atoms with Crippen molar-refractivity contribution in [2.24, 2.45) is 7.05 Å². The molecule has 0 unspecified atom stereocenters. The van der Waals surface area contributed by atoms with Crippen LogP contribution in [0.15, 0.2) is 17.2 Å². The smallest absolute Gasteiger partial charge is 0.287 e. The third-order valence-electron chi connectivity index (χ3n) is 2.93. The molecule has 0 aromatic carbocycles. The maximum Gasteiger partial charge on any atom is 0.287 e. The Labute approximate surface area is 122 Å². The van der Waals surface area contributed by atoms with Crippen LogP contribution in [0.3, 0.4) is 0 Å². The predicted octanol–water partition coefficient (Wildman–Crippen LogP) is 2.35. The third kappa shape index (κ3) is 2.85. The van der Waals surface area contributed by atoms with E-state index in [0.717, 1.165) is 24.2 Å². The molecule has 0 bridgehead atoms. The van der Waals surface area contributed by atoms with E-state index in [1.54, 1.807) is 10.9 Å². The van der Waals surface area contributed by atoms with Crippen molar-refractivity contribution in [2.75, 3.05) is 5.32 Å². The van der Waals surface area contributed by atoms with Crippen molar-refractivity contribution in [3.8, 4) is 0 Å². The molecule has 0 aliphatic heterocycles. The summed E-state index contributed by atoms with van der Waals surface area (Å²) in [5.74, 6) is 0. The fraction of sp³-hybridized carbons (Fsp3) is 0.462. The molecule has 0 radical (unpaired) electrons. The van der Waals surface area contributed by atoms with Gasteiger partial charge in [0, 0.05) is 19.8 Å². The molecule has 0 fully saturated rings. The summed E-state index contributed by atoms with van der Waals surface area (Å²) in [5.41, 5.74) is 1.99. The third-order valence-corrected chi connectivity index (χ3v) is 3.30. The normalized spacial score (nSPS) is 10.8. The van der Waals surface area contributed by atoms with Crippen molar-refractivity contribution in [1.82, 2.24) is 19.6 Å². The van der Waals surface area contributed by atoms with Crippen molar-refractivity contribution in [1.29, 1.82) is 0 Å². The van der Waals surface area contributed by atoms with Gasteiger partial charge in [0.1, 0.15) is 5.02 Å². The Hall–Kier alpha value is -1.82. The van der Waals surface area contributed by atoms with E-state index < -0.39 is 0 Å². The number of hydrogen-bond acceptors (Lipinski definition) is 4. The highest BCUT2D eigenvalue weighted by molar-refractivity contribution is 6.33. The number of aromatic nitrogens is 4. The first-order valence-electron chi connectivity index (χ1n) is 6.62. The van der Waals surface area contributed by atoms with E-state index >= 15 is 0 Å². The number of aryl methyl sites for hydroxylation is 3. The lowest BCUT2D eigenvalue weighted by molar-refractivity contribution is 0.569. The fourth-order valence-electron chi connectivity index (χ4n) is 1.97. The van der Waals surface area contributed by atoms with Gasteiger partial charge in [0.15, 0.2) is 0 Å². The van der Waals surface area contributed by atoms with E-state index in [-0.39, 0.29) is 10.6 Å². The lowest BCUT2D eigenvalue weighted by atomic mass is 10.3. The SMILES string of the molecule is CCCn1ncc(Nc2cn(C)nc2CC)c(Cl)c1=O. The molecule has 6 nitrogen and oxygen atoms in total. The standard InChI is InChI=1S/C13H18ClN5O/c1-4-6-19-13(20)12(14)10(7-15-19)16-11-8-18(3)17-9(11)5-2/h7-8,16H,4-6H2,1-3H3. The Morgan fingerprint density at radius 3 is 2.75 bits per heavy atom. The zero-order chi connectivity index (χ0) is 14.7. The fourth-order valence-corrected chi connectivity index (χ4v) is 2.16. The quantitative estimate of drug-likeness (QED) is 0.919. The zero-order valence-electron chi connectivity index (χ0n) is 11.9. The molecule has 108 valence electrons. The molecule has 2 rings (SSSR count). The minimum absolute atomic E-state index is 0.152. The minimum atomic E-state index is -0.277. The van der Waals surface area contributed by atoms with Gasteiger partial charge in [-0.05, 0) is 12.8 Å². The average molecular weight is 296 g/mol. The Balaban J connectivity index is 2.34. The summed E-state index contributed by atoms with van der Waals surface area (Å²) in [4.78, 5) is 12.0. The maximum absolute atomic E-state index is 12.0. The number of nitrogens with one attached hydrogen (secondary N) is 1. The van der Waals surface area contributed by atoms with Crippen LogP contribution >= 0.6 is 11.6 Å². The van der Waals surface area contributed by atoms with Gasteiger partial charge in [-0.25, -0.2) is 4.68 Å². The summed E-state index contributed by atoms with van der Waals surface area (Å²) in [7, 11) is 1.85. The number of halogens is 1. The molecule has 2 aromatic heterocycles. The summed E-state index contributed by atoms with van der Waals surface area (Å²) in [5, 5.41) is 11.7. The van der Waals surface area contributed by atoms with Gasteiger partial charge in [-0.15, -0.1) is 0 Å². The Morgan fingerprint density at radius 2 is 2.10 bits per heavy atom. The summed E-state index contributed by atoms with van der Waals surface area (Å²) in [6, 6.07) is 0. The summed E-state index contributed by atoms with van der Waals surface area (Å²) in [6.07, 6.45) is 5.05. The van der Waals surface area contributed by atoms with Crippen LogP contribution in [0.2, 0.25) is 5.02 Å². The van der Waals surface area contributed by atoms with Gasteiger partial charge in [-0.1, -0.05) is 25.4 Å². The Morgan fingerprint density at radius 1 is 1.35 bits per heavy atom. The largest absolute Gasteiger partial charge is 0.350 e. The van der Waals surface area contributed by atoms with Crippen LogP contribution in [0.4, 0.5) is 11.4 Å². The second kappa shape index (κ2) is 6.09. The van der Waals surface area contributed by atoms with Gasteiger partial charge in [-0.3, -0.25) is 9.48 Å². The van der Waals surface area contributed by atoms with Gasteiger partial charge in [-0.2, -0.15) is 10.2 Å². The van der Waals surface area contributed by atoms with Crippen LogP contribution in [0.5, 0.6) is 0 Å². The summed E-state index contributed by atoms with van der Waals surface area (Å²) < 4.78 is 3.10. The Kier molecular flexibility index (Phi) is 4.44. The van der Waals surface area contributed by atoms with Crippen LogP contribution in [-0.4, -0.2) is 19.6 Å². The highest BCUT2D eigenvalue weighted by Gasteiger charge is 2.12. The van der Waals surface area contributed by atoms with E-state index in [0.29, 0.717) is 12.2 Å². The molecule has 0 atom stereocenters. The van der Waals surface area contributed by atoms with Gasteiger partial charge < -0.3 is 5.32 Å². The van der Waals surface area contributed by atoms with Crippen molar-refractivity contribution < 1.29 is 0 Å². The predicted molar refractivity (Wildman–Crippen MR) is 79.7 cm³/mol. The highest BCUT2D eigenvalue weighted by atomic mass is 35.5. The molecule has 0 aliphatic carbocycles. The summed E-state index contributed by atoms with van der Waals surface area (Å²) in [6.45, 7) is 4.57. The second-order valence-electron chi connectivity index (χ2n) is 4.54. The minimum Gasteiger partial charge on any atom is -0.350 e. The van der Waals surface area contributed by atoms with Gasteiger partial charge >= 0.3 is 0 Å². The maximum atomic E-state index is 12.0. The van der Waals surface area contributed by atoms with E-state index in [2.05, 4.69) is 15.5 Å². The summed E-state index contributed by atoms with van der Waals surface area (Å²) >= 11 is 6.12. The highest BCUT2D eigenvalue weighted by Crippen LogP contribution is 2.23. The van der Waals surface area contributed by atoms with Crippen molar-refractivity contribution >= 4 is 23.0 Å². The molecule has 0 aliphatic rings. The van der Waals surface area contributed by atoms with Crippen LogP contribution in [0.25, 0.3) is 0 Å². The first kappa shape index (κ1) is 14.6. The van der Waals surface area contributed by atoms with Crippen molar-refractivity contribution in [2.45, 2.75) is 33.2 Å². The van der Waals surface area contributed by atoms with Crippen molar-refractivity contribution in [3.63, 3.8) is 0 Å². The molecule has 2 heterocycles. The molecule has 2 aromatic rings. The second-order valence-corrected chi connectivity index (χ2v) is 4.92. The monoisotopic (exact) mass is 295 g/mol. The molecule has 0 amide bonds. The topological polar surface area (TPSA) is 64.7 Å². The number of nitrogens with zero attached hydrogens (tertiary/aromatic N) is 4. The van der Waals surface area contributed by atoms with E-state index in [1.165, 1.54) is 4.68 Å². The first-order valence-corrected chi connectivity index (χ1v) is 6.99. The zero-order valence-corrected chi connectivity index (χ0v) is 12.6. The van der Waals surface area contributed by atoms with Crippen LogP contribution < -0.4 is 10.9 Å². The Bertz CT molecular complexity index is 661. The van der Waals surface area contributed by atoms with E-state index in [4.69, 9.17) is 11.6 Å². The van der Waals surface area contributed by atoms with Gasteiger partial charge in [0.25, 0.3) is 5.56 Å². The first-order chi connectivity index (χ1) is 9.56. The van der Waals surface area contributed by atoms with E-state index in [1.807, 2.05) is 27.1 Å². The molecule has 0 saturated heterocycles. The average Bonchev–Trinajstić information content (AvgIpc) is 2.78. The van der Waals surface area contributed by atoms with Crippen LogP contribution in [0, 0.1) is 0 Å². The molecular formula is C13H18ClN5O. The van der Waals surface area contributed by atoms with Crippen molar-refractivity contribution in [3.05, 3.63) is 33.5 Å². The van der Waals surface area contributed by atoms with Gasteiger partial charge in [0.2, 0.25) is 0 Å². The molecule has 0 spiro atoms. The lowest BCUT2D eigenvalue weighted by Gasteiger charge is -2.09. The molecule has 1 N–H and O–H groups in total. The molecule has 0 saturated carbocycles.